The van der Waals surface area contributed by atoms with Crippen LogP contribution in [-0.2, 0) is 15.8 Å². The summed E-state index contributed by atoms with van der Waals surface area (Å²) in [5.74, 6) is -1.67. The quantitative estimate of drug-likeness (QED) is 0.565. The summed E-state index contributed by atoms with van der Waals surface area (Å²) in [6.07, 6.45) is -0.856. The molecule has 2 aromatic carbocycles. The van der Waals surface area contributed by atoms with Gasteiger partial charge in [-0.05, 0) is 54.8 Å². The molecule has 0 atom stereocenters. The monoisotopic (exact) mass is 392 g/mol. The molecule has 1 fully saturated rings. The Morgan fingerprint density at radius 2 is 1.68 bits per heavy atom. The molecule has 4 nitrogen and oxygen atoms in total. The Morgan fingerprint density at radius 1 is 1.00 bits per heavy atom. The Bertz CT molecular complexity index is 917. The van der Waals surface area contributed by atoms with E-state index in [0.717, 1.165) is 31.1 Å². The fourth-order valence-electron chi connectivity index (χ4n) is 2.48. The van der Waals surface area contributed by atoms with E-state index in [1.165, 1.54) is 36.4 Å². The molecule has 0 spiro atoms. The van der Waals surface area contributed by atoms with E-state index in [4.69, 9.17) is 0 Å². The molecule has 2 aromatic rings. The fourth-order valence-corrected chi connectivity index (χ4v) is 2.48. The highest BCUT2D eigenvalue weighted by Gasteiger charge is 2.35. The number of hydrogen-bond donors (Lipinski definition) is 2. The second-order valence-corrected chi connectivity index (χ2v) is 6.40. The van der Waals surface area contributed by atoms with Crippen LogP contribution in [0.4, 0.5) is 28.9 Å². The van der Waals surface area contributed by atoms with Gasteiger partial charge in [-0.2, -0.15) is 13.2 Å². The van der Waals surface area contributed by atoms with Gasteiger partial charge in [0.15, 0.2) is 0 Å². The number of hydrogen-bond acceptors (Lipinski definition) is 2. The molecule has 8 heteroatoms. The van der Waals surface area contributed by atoms with E-state index in [1.807, 2.05) is 0 Å². The van der Waals surface area contributed by atoms with Crippen LogP contribution in [0.2, 0.25) is 0 Å². The molecule has 2 amide bonds. The van der Waals surface area contributed by atoms with Crippen LogP contribution < -0.4 is 10.6 Å². The maximum absolute atomic E-state index is 13.4. The Balaban J connectivity index is 1.75. The minimum Gasteiger partial charge on any atom is -0.326 e. The molecule has 146 valence electrons. The first-order valence-corrected chi connectivity index (χ1v) is 8.49. The average molecular weight is 392 g/mol. The Kier molecular flexibility index (Phi) is 5.48. The predicted octanol–water partition coefficient (Wildman–Crippen LogP) is 4.84. The minimum atomic E-state index is -4.72. The van der Waals surface area contributed by atoms with Crippen LogP contribution in [0.15, 0.2) is 48.5 Å². The molecule has 0 heterocycles. The number of carbonyl (C=O) groups is 2. The van der Waals surface area contributed by atoms with Crippen LogP contribution in [-0.4, -0.2) is 11.8 Å². The largest absolute Gasteiger partial charge is 0.418 e. The molecule has 1 aliphatic rings. The Labute approximate surface area is 158 Å². The van der Waals surface area contributed by atoms with Gasteiger partial charge in [-0.3, -0.25) is 9.59 Å². The summed E-state index contributed by atoms with van der Waals surface area (Å²) in [4.78, 5) is 23.7. The van der Waals surface area contributed by atoms with E-state index in [1.54, 1.807) is 0 Å². The summed E-state index contributed by atoms with van der Waals surface area (Å²) < 4.78 is 52.9. The first-order chi connectivity index (χ1) is 13.2. The SMILES string of the molecule is O=C(/C=C/c1ccc(F)cc1)Nc1ccc(NC(=O)C2CC2)cc1C(F)(F)F. The Morgan fingerprint density at radius 3 is 2.29 bits per heavy atom. The standard InChI is InChI=1S/C20H16F4N2O2/c21-14-6-1-12(2-7-14)3-10-18(27)26-17-9-8-15(11-16(17)20(22,23)24)25-19(28)13-4-5-13/h1-3,6-11,13H,4-5H2,(H,25,28)(H,26,27)/b10-3+. The summed E-state index contributed by atoms with van der Waals surface area (Å²) in [6.45, 7) is 0. The van der Waals surface area contributed by atoms with E-state index in [2.05, 4.69) is 10.6 Å². The zero-order chi connectivity index (χ0) is 20.3. The van der Waals surface area contributed by atoms with Crippen molar-refractivity contribution in [2.24, 2.45) is 5.92 Å². The van der Waals surface area contributed by atoms with Crippen molar-refractivity contribution in [3.63, 3.8) is 0 Å². The highest BCUT2D eigenvalue weighted by molar-refractivity contribution is 6.02. The van der Waals surface area contributed by atoms with Crippen LogP contribution >= 0.6 is 0 Å². The zero-order valence-corrected chi connectivity index (χ0v) is 14.5. The first kappa shape index (κ1) is 19.6. The highest BCUT2D eigenvalue weighted by atomic mass is 19.4. The molecule has 0 aliphatic heterocycles. The number of alkyl halides is 3. The summed E-state index contributed by atoms with van der Waals surface area (Å²) in [5.41, 5.74) is -0.954. The van der Waals surface area contributed by atoms with Crippen LogP contribution in [0.5, 0.6) is 0 Å². The van der Waals surface area contributed by atoms with Crippen molar-refractivity contribution in [1.29, 1.82) is 0 Å². The lowest BCUT2D eigenvalue weighted by Gasteiger charge is -2.15. The third-order valence-corrected chi connectivity index (χ3v) is 4.10. The van der Waals surface area contributed by atoms with Crippen molar-refractivity contribution in [1.82, 2.24) is 0 Å². The van der Waals surface area contributed by atoms with Gasteiger partial charge in [0.25, 0.3) is 0 Å². The maximum atomic E-state index is 13.4. The van der Waals surface area contributed by atoms with Gasteiger partial charge in [-0.25, -0.2) is 4.39 Å². The number of amides is 2. The van der Waals surface area contributed by atoms with E-state index < -0.39 is 29.2 Å². The van der Waals surface area contributed by atoms with Gasteiger partial charge in [0.05, 0.1) is 11.3 Å². The smallest absolute Gasteiger partial charge is 0.326 e. The molecule has 1 saturated carbocycles. The van der Waals surface area contributed by atoms with Crippen molar-refractivity contribution in [2.45, 2.75) is 19.0 Å². The molecule has 0 saturated heterocycles. The molecular formula is C20H16F4N2O2. The average Bonchev–Trinajstić information content (AvgIpc) is 3.47. The molecule has 28 heavy (non-hydrogen) atoms. The highest BCUT2D eigenvalue weighted by Crippen LogP contribution is 2.37. The number of nitrogens with one attached hydrogen (secondary N) is 2. The van der Waals surface area contributed by atoms with Gasteiger partial charge >= 0.3 is 6.18 Å². The molecule has 2 N–H and O–H groups in total. The lowest BCUT2D eigenvalue weighted by atomic mass is 10.1. The molecule has 1 aliphatic carbocycles. The summed E-state index contributed by atoms with van der Waals surface area (Å²) in [7, 11) is 0. The van der Waals surface area contributed by atoms with Gasteiger partial charge in [-0.1, -0.05) is 12.1 Å². The van der Waals surface area contributed by atoms with Crippen LogP contribution in [0, 0.1) is 11.7 Å². The van der Waals surface area contributed by atoms with E-state index in [-0.39, 0.29) is 17.5 Å². The predicted molar refractivity (Wildman–Crippen MR) is 96.9 cm³/mol. The number of halogens is 4. The number of carbonyl (C=O) groups excluding carboxylic acids is 2. The molecule has 0 unspecified atom stereocenters. The van der Waals surface area contributed by atoms with E-state index in [0.29, 0.717) is 5.56 Å². The third-order valence-electron chi connectivity index (χ3n) is 4.10. The van der Waals surface area contributed by atoms with Crippen LogP contribution in [0.25, 0.3) is 6.08 Å². The summed E-state index contributed by atoms with van der Waals surface area (Å²) >= 11 is 0. The molecule has 0 aromatic heterocycles. The zero-order valence-electron chi connectivity index (χ0n) is 14.5. The molecule has 0 radical (unpaired) electrons. The molecule has 0 bridgehead atoms. The summed E-state index contributed by atoms with van der Waals surface area (Å²) in [5, 5.41) is 4.63. The van der Waals surface area contributed by atoms with Gasteiger partial charge in [0, 0.05) is 17.7 Å². The van der Waals surface area contributed by atoms with Gasteiger partial charge in [-0.15, -0.1) is 0 Å². The fraction of sp³-hybridized carbons (Fsp3) is 0.200. The lowest BCUT2D eigenvalue weighted by Crippen LogP contribution is -2.17. The van der Waals surface area contributed by atoms with Gasteiger partial charge < -0.3 is 10.6 Å². The first-order valence-electron chi connectivity index (χ1n) is 8.49. The number of anilines is 2. The second-order valence-electron chi connectivity index (χ2n) is 6.40. The normalized spacial score (nSPS) is 14.1. The molecular weight excluding hydrogens is 376 g/mol. The van der Waals surface area contributed by atoms with Crippen molar-refractivity contribution in [3.05, 3.63) is 65.5 Å². The summed E-state index contributed by atoms with van der Waals surface area (Å²) in [6, 6.07) is 8.44. The number of benzene rings is 2. The van der Waals surface area contributed by atoms with Crippen LogP contribution in [0.3, 0.4) is 0 Å². The van der Waals surface area contributed by atoms with Crippen LogP contribution in [0.1, 0.15) is 24.0 Å². The Hall–Kier alpha value is -3.16. The van der Waals surface area contributed by atoms with Gasteiger partial charge in [0.2, 0.25) is 11.8 Å². The molecule has 3 rings (SSSR count). The van der Waals surface area contributed by atoms with Crippen molar-refractivity contribution in [3.8, 4) is 0 Å². The second kappa shape index (κ2) is 7.84. The van der Waals surface area contributed by atoms with Gasteiger partial charge in [0.1, 0.15) is 5.82 Å². The van der Waals surface area contributed by atoms with Crippen molar-refractivity contribution in [2.75, 3.05) is 10.6 Å². The van der Waals surface area contributed by atoms with Crippen molar-refractivity contribution < 1.29 is 27.2 Å². The minimum absolute atomic E-state index is 0.0177. The third kappa shape index (κ3) is 5.18. The van der Waals surface area contributed by atoms with E-state index >= 15 is 0 Å². The number of rotatable bonds is 5. The van der Waals surface area contributed by atoms with Crippen molar-refractivity contribution >= 4 is 29.3 Å². The lowest BCUT2D eigenvalue weighted by molar-refractivity contribution is -0.137. The maximum Gasteiger partial charge on any atom is 0.418 e. The van der Waals surface area contributed by atoms with E-state index in [9.17, 15) is 27.2 Å². The topological polar surface area (TPSA) is 58.2 Å².